The number of rotatable bonds is 4. The molecule has 0 atom stereocenters. The van der Waals surface area contributed by atoms with Crippen LogP contribution in [-0.4, -0.2) is 17.0 Å². The summed E-state index contributed by atoms with van der Waals surface area (Å²) in [6.45, 7) is 0.400. The lowest BCUT2D eigenvalue weighted by molar-refractivity contribution is 0.0951. The summed E-state index contributed by atoms with van der Waals surface area (Å²) in [5, 5.41) is 14.2. The lowest BCUT2D eigenvalue weighted by Crippen LogP contribution is -2.22. The Morgan fingerprint density at radius 3 is 2.53 bits per heavy atom. The fourth-order valence-corrected chi connectivity index (χ4v) is 1.53. The molecule has 2 rings (SSSR count). The molecule has 6 heteroatoms. The zero-order valence-electron chi connectivity index (χ0n) is 10.0. The fourth-order valence-electron chi connectivity index (χ4n) is 1.53. The maximum Gasteiger partial charge on any atom is 0.251 e. The quantitative estimate of drug-likeness (QED) is 0.333. The van der Waals surface area contributed by atoms with E-state index in [0.29, 0.717) is 17.7 Å². The van der Waals surface area contributed by atoms with Crippen LogP contribution in [-0.2, 0) is 6.54 Å². The van der Waals surface area contributed by atoms with Crippen molar-refractivity contribution in [3.63, 3.8) is 0 Å². The molecule has 2 aromatic rings. The first kappa shape index (κ1) is 12.7. The largest absolute Gasteiger partial charge is 0.472 e. The molecule has 1 heterocycles. The molecule has 0 saturated heterocycles. The average molecular weight is 259 g/mol. The Balaban J connectivity index is 1.99. The topological polar surface area (TPSA) is 101 Å². The van der Waals surface area contributed by atoms with Crippen molar-refractivity contribution >= 4 is 11.7 Å². The molecule has 0 fully saturated rings. The van der Waals surface area contributed by atoms with Crippen LogP contribution in [0.25, 0.3) is 0 Å². The summed E-state index contributed by atoms with van der Waals surface area (Å²) in [5.74, 6) is -0.197. The molecule has 98 valence electrons. The number of nitrogens with zero attached hydrogens (tertiary/aromatic N) is 1. The van der Waals surface area contributed by atoms with Crippen molar-refractivity contribution in [2.45, 2.75) is 6.54 Å². The van der Waals surface area contributed by atoms with Crippen LogP contribution >= 0.6 is 0 Å². The molecule has 1 aromatic carbocycles. The Bertz CT molecular complexity index is 574. The fraction of sp³-hybridized carbons (Fsp3) is 0.0769. The molecule has 4 N–H and O–H groups in total. The van der Waals surface area contributed by atoms with Crippen LogP contribution in [0.15, 0.2) is 52.4 Å². The number of furan rings is 1. The predicted molar refractivity (Wildman–Crippen MR) is 68.8 cm³/mol. The van der Waals surface area contributed by atoms with E-state index in [2.05, 4.69) is 10.5 Å². The number of hydrogen-bond donors (Lipinski definition) is 3. The molecule has 0 aliphatic heterocycles. The molecular formula is C13H13N3O3. The molecule has 19 heavy (non-hydrogen) atoms. The van der Waals surface area contributed by atoms with E-state index in [-0.39, 0.29) is 11.7 Å². The van der Waals surface area contributed by atoms with Gasteiger partial charge in [-0.25, -0.2) is 0 Å². The van der Waals surface area contributed by atoms with E-state index in [0.717, 1.165) is 5.56 Å². The van der Waals surface area contributed by atoms with Gasteiger partial charge in [0.05, 0.1) is 12.5 Å². The van der Waals surface area contributed by atoms with Crippen LogP contribution in [0.5, 0.6) is 0 Å². The second-order valence-corrected chi connectivity index (χ2v) is 3.88. The van der Waals surface area contributed by atoms with Crippen LogP contribution in [0.3, 0.4) is 0 Å². The second kappa shape index (κ2) is 5.72. The maximum absolute atomic E-state index is 11.8. The summed E-state index contributed by atoms with van der Waals surface area (Å²) in [7, 11) is 0. The third-order valence-electron chi connectivity index (χ3n) is 2.58. The molecule has 0 bridgehead atoms. The molecule has 0 unspecified atom stereocenters. The van der Waals surface area contributed by atoms with E-state index in [4.69, 9.17) is 15.4 Å². The normalized spacial score (nSPS) is 11.3. The maximum atomic E-state index is 11.8. The van der Waals surface area contributed by atoms with Crippen LogP contribution in [0.4, 0.5) is 0 Å². The van der Waals surface area contributed by atoms with Gasteiger partial charge in [0.1, 0.15) is 0 Å². The first-order valence-corrected chi connectivity index (χ1v) is 5.58. The van der Waals surface area contributed by atoms with E-state index in [1.807, 2.05) is 0 Å². The molecule has 6 nitrogen and oxygen atoms in total. The predicted octanol–water partition coefficient (Wildman–Crippen LogP) is 1.30. The van der Waals surface area contributed by atoms with E-state index in [1.54, 1.807) is 42.9 Å². The Morgan fingerprint density at radius 1 is 1.26 bits per heavy atom. The zero-order chi connectivity index (χ0) is 13.7. The number of amidine groups is 1. The van der Waals surface area contributed by atoms with Gasteiger partial charge >= 0.3 is 0 Å². The zero-order valence-corrected chi connectivity index (χ0v) is 10.0. The van der Waals surface area contributed by atoms with Gasteiger partial charge in [-0.3, -0.25) is 4.79 Å². The van der Waals surface area contributed by atoms with Gasteiger partial charge in [0, 0.05) is 23.2 Å². The van der Waals surface area contributed by atoms with E-state index >= 15 is 0 Å². The highest BCUT2D eigenvalue weighted by Gasteiger charge is 2.06. The SMILES string of the molecule is N/C(=N/O)c1ccc(C(=O)NCc2ccoc2)cc1. The summed E-state index contributed by atoms with van der Waals surface area (Å²) >= 11 is 0. The molecule has 1 amide bonds. The summed E-state index contributed by atoms with van der Waals surface area (Å²) in [6, 6.07) is 8.22. The number of carbonyl (C=O) groups excluding carboxylic acids is 1. The number of oxime groups is 1. The highest BCUT2D eigenvalue weighted by molar-refractivity contribution is 5.99. The minimum Gasteiger partial charge on any atom is -0.472 e. The third-order valence-corrected chi connectivity index (χ3v) is 2.58. The Hall–Kier alpha value is -2.76. The second-order valence-electron chi connectivity index (χ2n) is 3.88. The monoisotopic (exact) mass is 259 g/mol. The van der Waals surface area contributed by atoms with Gasteiger partial charge in [0.15, 0.2) is 5.84 Å². The Morgan fingerprint density at radius 2 is 1.95 bits per heavy atom. The van der Waals surface area contributed by atoms with Gasteiger partial charge in [0.25, 0.3) is 5.91 Å². The first-order valence-electron chi connectivity index (χ1n) is 5.58. The highest BCUT2D eigenvalue weighted by Crippen LogP contribution is 2.05. The number of nitrogens with one attached hydrogen (secondary N) is 1. The Kier molecular flexibility index (Phi) is 3.82. The lowest BCUT2D eigenvalue weighted by Gasteiger charge is -2.04. The van der Waals surface area contributed by atoms with Gasteiger partial charge in [-0.2, -0.15) is 0 Å². The molecule has 0 aliphatic carbocycles. The van der Waals surface area contributed by atoms with Gasteiger partial charge in [-0.1, -0.05) is 17.3 Å². The van der Waals surface area contributed by atoms with Crippen molar-refractivity contribution in [1.82, 2.24) is 5.32 Å². The van der Waals surface area contributed by atoms with Gasteiger partial charge in [-0.15, -0.1) is 0 Å². The van der Waals surface area contributed by atoms with Crippen molar-refractivity contribution < 1.29 is 14.4 Å². The number of nitrogens with two attached hydrogens (primary N) is 1. The number of benzene rings is 1. The van der Waals surface area contributed by atoms with E-state index in [1.165, 1.54) is 0 Å². The van der Waals surface area contributed by atoms with Crippen molar-refractivity contribution in [2.24, 2.45) is 10.9 Å². The van der Waals surface area contributed by atoms with Crippen LogP contribution < -0.4 is 11.1 Å². The lowest BCUT2D eigenvalue weighted by atomic mass is 10.1. The minimum absolute atomic E-state index is 0.00496. The molecule has 1 aromatic heterocycles. The van der Waals surface area contributed by atoms with Crippen LogP contribution in [0.2, 0.25) is 0 Å². The van der Waals surface area contributed by atoms with Crippen molar-refractivity contribution in [3.8, 4) is 0 Å². The van der Waals surface area contributed by atoms with E-state index < -0.39 is 0 Å². The molecule has 0 spiro atoms. The van der Waals surface area contributed by atoms with Gasteiger partial charge in [-0.05, 0) is 18.2 Å². The van der Waals surface area contributed by atoms with Crippen molar-refractivity contribution in [3.05, 3.63) is 59.5 Å². The van der Waals surface area contributed by atoms with Crippen molar-refractivity contribution in [2.75, 3.05) is 0 Å². The smallest absolute Gasteiger partial charge is 0.251 e. The van der Waals surface area contributed by atoms with Crippen LogP contribution in [0, 0.1) is 0 Å². The van der Waals surface area contributed by atoms with Gasteiger partial charge in [0.2, 0.25) is 0 Å². The molecular weight excluding hydrogens is 246 g/mol. The van der Waals surface area contributed by atoms with E-state index in [9.17, 15) is 4.79 Å². The first-order chi connectivity index (χ1) is 9.20. The standard InChI is InChI=1S/C13H13N3O3/c14-12(16-18)10-1-3-11(4-2-10)13(17)15-7-9-5-6-19-8-9/h1-6,8,18H,7H2,(H2,14,16)(H,15,17). The average Bonchev–Trinajstić information content (AvgIpc) is 2.97. The molecule has 0 aliphatic rings. The highest BCUT2D eigenvalue weighted by atomic mass is 16.4. The third kappa shape index (κ3) is 3.12. The molecule has 0 radical (unpaired) electrons. The van der Waals surface area contributed by atoms with Crippen molar-refractivity contribution in [1.29, 1.82) is 0 Å². The summed E-state index contributed by atoms with van der Waals surface area (Å²) < 4.78 is 4.90. The minimum atomic E-state index is -0.202. The van der Waals surface area contributed by atoms with Crippen LogP contribution in [0.1, 0.15) is 21.5 Å². The summed E-state index contributed by atoms with van der Waals surface area (Å²) in [6.07, 6.45) is 3.12. The Labute approximate surface area is 109 Å². The summed E-state index contributed by atoms with van der Waals surface area (Å²) in [5.41, 5.74) is 7.37. The number of carbonyl (C=O) groups is 1. The summed E-state index contributed by atoms with van der Waals surface area (Å²) in [4.78, 5) is 11.8. The number of amides is 1. The molecule has 0 saturated carbocycles. The number of hydrogen-bond acceptors (Lipinski definition) is 4. The van der Waals surface area contributed by atoms with Gasteiger partial charge < -0.3 is 20.7 Å².